The highest BCUT2D eigenvalue weighted by molar-refractivity contribution is 6.07. The Hall–Kier alpha value is -2.44. The van der Waals surface area contributed by atoms with Crippen molar-refractivity contribution in [2.24, 2.45) is 5.92 Å². The van der Waals surface area contributed by atoms with Crippen LogP contribution in [0.5, 0.6) is 0 Å². The minimum absolute atomic E-state index is 0.0643. The first-order valence-corrected chi connectivity index (χ1v) is 9.09. The molecule has 0 spiro atoms. The predicted octanol–water partition coefficient (Wildman–Crippen LogP) is 3.41. The highest BCUT2D eigenvalue weighted by atomic mass is 16.5. The van der Waals surface area contributed by atoms with E-state index in [1.165, 1.54) is 4.90 Å². The molecule has 1 N–H and O–H groups in total. The number of carboxylic acids is 1. The molecule has 2 heterocycles. The summed E-state index contributed by atoms with van der Waals surface area (Å²) in [5.74, 6) is -0.766. The lowest BCUT2D eigenvalue weighted by Gasteiger charge is -2.23. The summed E-state index contributed by atoms with van der Waals surface area (Å²) in [5, 5.41) is 13.9. The van der Waals surface area contributed by atoms with Crippen LogP contribution in [-0.2, 0) is 4.79 Å². The van der Waals surface area contributed by atoms with Crippen LogP contribution in [0.3, 0.4) is 0 Å². The summed E-state index contributed by atoms with van der Waals surface area (Å²) in [7, 11) is 0. The predicted molar refractivity (Wildman–Crippen MR) is 96.2 cm³/mol. The van der Waals surface area contributed by atoms with E-state index in [-0.39, 0.29) is 24.3 Å². The summed E-state index contributed by atoms with van der Waals surface area (Å²) in [4.78, 5) is 30.5. The molecular formula is C19H25N3O4. The molecule has 0 atom stereocenters. The Labute approximate surface area is 152 Å². The van der Waals surface area contributed by atoms with E-state index >= 15 is 0 Å². The van der Waals surface area contributed by atoms with Crippen molar-refractivity contribution in [3.05, 3.63) is 23.0 Å². The van der Waals surface area contributed by atoms with E-state index in [9.17, 15) is 14.7 Å². The fourth-order valence-electron chi connectivity index (χ4n) is 3.14. The van der Waals surface area contributed by atoms with Gasteiger partial charge in [-0.05, 0) is 30.7 Å². The van der Waals surface area contributed by atoms with Crippen molar-refractivity contribution in [3.63, 3.8) is 0 Å². The third-order valence-electron chi connectivity index (χ3n) is 4.46. The maximum absolute atomic E-state index is 13.3. The maximum atomic E-state index is 13.3. The Morgan fingerprint density at radius 1 is 1.31 bits per heavy atom. The van der Waals surface area contributed by atoms with Gasteiger partial charge in [0, 0.05) is 18.2 Å². The van der Waals surface area contributed by atoms with Gasteiger partial charge in [0.25, 0.3) is 11.6 Å². The van der Waals surface area contributed by atoms with Crippen molar-refractivity contribution in [3.8, 4) is 0 Å². The molecule has 1 aliphatic carbocycles. The first kappa shape index (κ1) is 18.4. The zero-order valence-corrected chi connectivity index (χ0v) is 15.7. The van der Waals surface area contributed by atoms with Crippen LogP contribution in [0, 0.1) is 5.92 Å². The standard InChI is InChI=1S/C19H25N3O4/c1-10(2)8-22(9-15(23)24)19(25)13-7-14(12-5-6-12)20-18-16(13)17(11(3)4)21-26-18/h7,10-12H,5-6,8-9H2,1-4H3,(H,23,24). The van der Waals surface area contributed by atoms with E-state index in [2.05, 4.69) is 10.1 Å². The SMILES string of the molecule is CC(C)CN(CC(=O)O)C(=O)c1cc(C2CC2)nc2onc(C(C)C)c12. The van der Waals surface area contributed by atoms with Gasteiger partial charge in [-0.1, -0.05) is 32.9 Å². The molecule has 2 aromatic heterocycles. The van der Waals surface area contributed by atoms with Crippen LogP contribution in [0.1, 0.15) is 74.1 Å². The number of hydrogen-bond acceptors (Lipinski definition) is 5. The van der Waals surface area contributed by atoms with Crippen molar-refractivity contribution in [2.75, 3.05) is 13.1 Å². The minimum atomic E-state index is -1.03. The molecule has 140 valence electrons. The fourth-order valence-corrected chi connectivity index (χ4v) is 3.14. The molecule has 0 aliphatic heterocycles. The van der Waals surface area contributed by atoms with Gasteiger partial charge in [0.1, 0.15) is 6.54 Å². The van der Waals surface area contributed by atoms with Crippen LogP contribution < -0.4 is 0 Å². The van der Waals surface area contributed by atoms with E-state index in [4.69, 9.17) is 4.52 Å². The Kier molecular flexibility index (Phi) is 4.98. The maximum Gasteiger partial charge on any atom is 0.323 e. The van der Waals surface area contributed by atoms with E-state index in [0.29, 0.717) is 34.8 Å². The summed E-state index contributed by atoms with van der Waals surface area (Å²) in [5.41, 5.74) is 2.31. The largest absolute Gasteiger partial charge is 0.480 e. The van der Waals surface area contributed by atoms with Gasteiger partial charge in [-0.2, -0.15) is 0 Å². The summed E-state index contributed by atoms with van der Waals surface area (Å²) in [6.45, 7) is 7.91. The van der Waals surface area contributed by atoms with Crippen LogP contribution in [0.25, 0.3) is 11.1 Å². The monoisotopic (exact) mass is 359 g/mol. The van der Waals surface area contributed by atoms with Crippen molar-refractivity contribution in [1.82, 2.24) is 15.0 Å². The molecule has 0 radical (unpaired) electrons. The van der Waals surface area contributed by atoms with Gasteiger partial charge in [-0.15, -0.1) is 0 Å². The fraction of sp³-hybridized carbons (Fsp3) is 0.579. The number of aliphatic carboxylic acids is 1. The lowest BCUT2D eigenvalue weighted by molar-refractivity contribution is -0.137. The average Bonchev–Trinajstić information content (AvgIpc) is 3.30. The number of hydrogen-bond donors (Lipinski definition) is 1. The topological polar surface area (TPSA) is 96.5 Å². The lowest BCUT2D eigenvalue weighted by atomic mass is 10.0. The first-order chi connectivity index (χ1) is 12.3. The summed E-state index contributed by atoms with van der Waals surface area (Å²) < 4.78 is 5.41. The summed E-state index contributed by atoms with van der Waals surface area (Å²) >= 11 is 0. The lowest BCUT2D eigenvalue weighted by Crippen LogP contribution is -2.38. The number of fused-ring (bicyclic) bond motifs is 1. The highest BCUT2D eigenvalue weighted by Gasteiger charge is 2.31. The number of aromatic nitrogens is 2. The molecule has 0 saturated heterocycles. The third-order valence-corrected chi connectivity index (χ3v) is 4.46. The second kappa shape index (κ2) is 7.05. The average molecular weight is 359 g/mol. The second-order valence-corrected chi connectivity index (χ2v) is 7.74. The number of pyridine rings is 1. The van der Waals surface area contributed by atoms with Crippen LogP contribution in [0.15, 0.2) is 10.6 Å². The first-order valence-electron chi connectivity index (χ1n) is 9.09. The van der Waals surface area contributed by atoms with Gasteiger partial charge in [0.15, 0.2) is 0 Å². The molecule has 3 rings (SSSR count). The van der Waals surface area contributed by atoms with Gasteiger partial charge < -0.3 is 14.5 Å². The molecule has 2 aromatic rings. The van der Waals surface area contributed by atoms with Gasteiger partial charge in [0.2, 0.25) is 0 Å². The van der Waals surface area contributed by atoms with Gasteiger partial charge in [0.05, 0.1) is 16.6 Å². The zero-order valence-electron chi connectivity index (χ0n) is 15.7. The van der Waals surface area contributed by atoms with Crippen LogP contribution in [0.2, 0.25) is 0 Å². The number of nitrogens with zero attached hydrogens (tertiary/aromatic N) is 3. The number of carboxylic acid groups (broad SMARTS) is 1. The van der Waals surface area contributed by atoms with Gasteiger partial charge in [-0.25, -0.2) is 4.98 Å². The minimum Gasteiger partial charge on any atom is -0.480 e. The molecular weight excluding hydrogens is 334 g/mol. The number of amides is 1. The van der Waals surface area contributed by atoms with Crippen molar-refractivity contribution < 1.29 is 19.2 Å². The Morgan fingerprint density at radius 2 is 2.00 bits per heavy atom. The molecule has 0 aromatic carbocycles. The van der Waals surface area contributed by atoms with Crippen molar-refractivity contribution in [1.29, 1.82) is 0 Å². The molecule has 0 bridgehead atoms. The Balaban J connectivity index is 2.11. The smallest absolute Gasteiger partial charge is 0.323 e. The third kappa shape index (κ3) is 3.71. The van der Waals surface area contributed by atoms with E-state index in [1.807, 2.05) is 27.7 Å². The van der Waals surface area contributed by atoms with Crippen molar-refractivity contribution in [2.45, 2.75) is 52.4 Å². The molecule has 26 heavy (non-hydrogen) atoms. The number of carbonyl (C=O) groups is 2. The van der Waals surface area contributed by atoms with Crippen LogP contribution in [0.4, 0.5) is 0 Å². The zero-order chi connectivity index (χ0) is 19.0. The Morgan fingerprint density at radius 3 is 2.54 bits per heavy atom. The van der Waals surface area contributed by atoms with Gasteiger partial charge >= 0.3 is 5.97 Å². The van der Waals surface area contributed by atoms with Crippen LogP contribution in [-0.4, -0.2) is 45.1 Å². The molecule has 1 fully saturated rings. The summed E-state index contributed by atoms with van der Waals surface area (Å²) in [6, 6.07) is 1.81. The molecule has 1 aliphatic rings. The molecule has 1 amide bonds. The molecule has 7 nitrogen and oxygen atoms in total. The van der Waals surface area contributed by atoms with Crippen LogP contribution >= 0.6 is 0 Å². The second-order valence-electron chi connectivity index (χ2n) is 7.74. The van der Waals surface area contributed by atoms with Crippen molar-refractivity contribution >= 4 is 23.0 Å². The number of rotatable bonds is 7. The molecule has 1 saturated carbocycles. The van der Waals surface area contributed by atoms with Gasteiger partial charge in [-0.3, -0.25) is 9.59 Å². The molecule has 7 heteroatoms. The normalized spacial score (nSPS) is 14.4. The quantitative estimate of drug-likeness (QED) is 0.814. The van der Waals surface area contributed by atoms with E-state index in [0.717, 1.165) is 18.5 Å². The summed E-state index contributed by atoms with van der Waals surface area (Å²) in [6.07, 6.45) is 2.09. The Bertz CT molecular complexity index is 837. The number of carbonyl (C=O) groups excluding carboxylic acids is 1. The highest BCUT2D eigenvalue weighted by Crippen LogP contribution is 2.41. The van der Waals surface area contributed by atoms with E-state index in [1.54, 1.807) is 6.07 Å². The van der Waals surface area contributed by atoms with E-state index < -0.39 is 5.97 Å². The molecule has 0 unspecified atom stereocenters.